The van der Waals surface area contributed by atoms with E-state index in [1.807, 2.05) is 0 Å². The summed E-state index contributed by atoms with van der Waals surface area (Å²) in [6, 6.07) is 0. The van der Waals surface area contributed by atoms with E-state index >= 15 is 0 Å². The summed E-state index contributed by atoms with van der Waals surface area (Å²) in [6.45, 7) is 1.45. The van der Waals surface area contributed by atoms with Gasteiger partial charge in [-0.3, -0.25) is 4.72 Å². The fourth-order valence-electron chi connectivity index (χ4n) is 1.35. The van der Waals surface area contributed by atoms with Crippen LogP contribution >= 0.6 is 11.6 Å². The number of rotatable bonds is 3. The Labute approximate surface area is 104 Å². The van der Waals surface area contributed by atoms with Crippen LogP contribution in [-0.4, -0.2) is 49.0 Å². The van der Waals surface area contributed by atoms with Gasteiger partial charge in [0.15, 0.2) is 5.82 Å². The van der Waals surface area contributed by atoms with Gasteiger partial charge in [0, 0.05) is 13.1 Å². The lowest BCUT2D eigenvalue weighted by Crippen LogP contribution is -2.43. The van der Waals surface area contributed by atoms with Crippen molar-refractivity contribution < 1.29 is 13.2 Å². The lowest BCUT2D eigenvalue weighted by atomic mass is 10.5. The minimum atomic E-state index is -3.59. The molecule has 0 spiro atoms. The Bertz CT molecular complexity index is 472. The van der Waals surface area contributed by atoms with E-state index in [1.54, 1.807) is 0 Å². The Morgan fingerprint density at radius 3 is 2.59 bits per heavy atom. The Hall–Kier alpha value is -0.960. The van der Waals surface area contributed by atoms with Crippen molar-refractivity contribution in [2.45, 2.75) is 0 Å². The van der Waals surface area contributed by atoms with Crippen LogP contribution in [0.25, 0.3) is 0 Å². The third-order valence-corrected chi connectivity index (χ3v) is 3.87. The molecule has 0 radical (unpaired) electrons. The van der Waals surface area contributed by atoms with Crippen molar-refractivity contribution in [2.75, 3.05) is 31.0 Å². The summed E-state index contributed by atoms with van der Waals surface area (Å²) >= 11 is 5.55. The molecule has 0 atom stereocenters. The minimum absolute atomic E-state index is 0.140. The predicted molar refractivity (Wildman–Crippen MR) is 62.0 cm³/mol. The van der Waals surface area contributed by atoms with Crippen LogP contribution in [0.3, 0.4) is 0 Å². The average molecular weight is 279 g/mol. The molecule has 0 bridgehead atoms. The molecule has 0 aliphatic carbocycles. The highest BCUT2D eigenvalue weighted by atomic mass is 35.5. The largest absolute Gasteiger partial charge is 0.379 e. The van der Waals surface area contributed by atoms with Crippen molar-refractivity contribution in [1.82, 2.24) is 14.3 Å². The van der Waals surface area contributed by atoms with Gasteiger partial charge in [-0.2, -0.15) is 12.7 Å². The first-order valence-corrected chi connectivity index (χ1v) is 6.73. The van der Waals surface area contributed by atoms with E-state index in [-0.39, 0.29) is 11.0 Å². The smallest absolute Gasteiger partial charge is 0.303 e. The molecule has 0 unspecified atom stereocenters. The third kappa shape index (κ3) is 3.25. The first kappa shape index (κ1) is 12.5. The molecule has 1 aliphatic rings. The van der Waals surface area contributed by atoms with Crippen LogP contribution in [0.5, 0.6) is 0 Å². The zero-order valence-electron chi connectivity index (χ0n) is 8.84. The molecule has 0 aromatic carbocycles. The highest BCUT2D eigenvalue weighted by Crippen LogP contribution is 2.11. The van der Waals surface area contributed by atoms with Crippen molar-refractivity contribution in [2.24, 2.45) is 0 Å². The van der Waals surface area contributed by atoms with E-state index in [9.17, 15) is 8.42 Å². The van der Waals surface area contributed by atoms with Gasteiger partial charge in [-0.05, 0) is 0 Å². The van der Waals surface area contributed by atoms with E-state index < -0.39 is 10.2 Å². The Morgan fingerprint density at radius 1 is 1.29 bits per heavy atom. The lowest BCUT2D eigenvalue weighted by Gasteiger charge is -2.25. The molecule has 1 aromatic heterocycles. The van der Waals surface area contributed by atoms with Crippen molar-refractivity contribution in [3.63, 3.8) is 0 Å². The molecular formula is C8H11ClN4O3S. The van der Waals surface area contributed by atoms with E-state index in [0.29, 0.717) is 26.3 Å². The summed E-state index contributed by atoms with van der Waals surface area (Å²) in [4.78, 5) is 7.56. The van der Waals surface area contributed by atoms with Crippen LogP contribution in [0.4, 0.5) is 5.82 Å². The first-order valence-electron chi connectivity index (χ1n) is 4.91. The van der Waals surface area contributed by atoms with Gasteiger partial charge in [0.2, 0.25) is 0 Å². The lowest BCUT2D eigenvalue weighted by molar-refractivity contribution is 0.0733. The first-order chi connectivity index (χ1) is 8.08. The molecule has 2 rings (SSSR count). The van der Waals surface area contributed by atoms with Crippen LogP contribution in [0.15, 0.2) is 12.4 Å². The summed E-state index contributed by atoms with van der Waals surface area (Å²) in [7, 11) is -3.59. The topological polar surface area (TPSA) is 84.4 Å². The number of hydrogen-bond acceptors (Lipinski definition) is 5. The van der Waals surface area contributed by atoms with Gasteiger partial charge in [-0.1, -0.05) is 11.6 Å². The molecule has 0 saturated carbocycles. The summed E-state index contributed by atoms with van der Waals surface area (Å²) < 4.78 is 32.5. The van der Waals surface area contributed by atoms with Crippen molar-refractivity contribution in [1.29, 1.82) is 0 Å². The SMILES string of the molecule is O=S(=O)(Nc1cnc(Cl)cn1)N1CCOCC1. The van der Waals surface area contributed by atoms with Gasteiger partial charge in [0.25, 0.3) is 0 Å². The van der Waals surface area contributed by atoms with Gasteiger partial charge in [0.05, 0.1) is 25.6 Å². The fourth-order valence-corrected chi connectivity index (χ4v) is 2.57. The van der Waals surface area contributed by atoms with E-state index in [4.69, 9.17) is 16.3 Å². The standard InChI is InChI=1S/C8H11ClN4O3S/c9-7-5-11-8(6-10-7)12-17(14,15)13-1-3-16-4-2-13/h5-6H,1-4H2,(H,11,12). The second-order valence-electron chi connectivity index (χ2n) is 3.34. The molecular weight excluding hydrogens is 268 g/mol. The maximum absolute atomic E-state index is 11.9. The number of nitrogens with one attached hydrogen (secondary N) is 1. The normalized spacial score (nSPS) is 17.9. The van der Waals surface area contributed by atoms with Gasteiger partial charge in [-0.15, -0.1) is 0 Å². The van der Waals surface area contributed by atoms with Gasteiger partial charge in [-0.25, -0.2) is 9.97 Å². The maximum Gasteiger partial charge on any atom is 0.303 e. The minimum Gasteiger partial charge on any atom is -0.379 e. The Morgan fingerprint density at radius 2 is 2.00 bits per heavy atom. The van der Waals surface area contributed by atoms with Crippen molar-refractivity contribution in [3.8, 4) is 0 Å². The predicted octanol–water partition coefficient (Wildman–Crippen LogP) is 0.119. The molecule has 94 valence electrons. The third-order valence-electron chi connectivity index (χ3n) is 2.16. The zero-order chi connectivity index (χ0) is 12.3. The van der Waals surface area contributed by atoms with Crippen LogP contribution < -0.4 is 4.72 Å². The average Bonchev–Trinajstić information content (AvgIpc) is 2.33. The van der Waals surface area contributed by atoms with Gasteiger partial charge in [0.1, 0.15) is 5.15 Å². The van der Waals surface area contributed by atoms with Gasteiger partial charge >= 0.3 is 10.2 Å². The molecule has 1 aliphatic heterocycles. The molecule has 1 saturated heterocycles. The summed E-state index contributed by atoms with van der Waals surface area (Å²) in [5.41, 5.74) is 0. The van der Waals surface area contributed by atoms with E-state index in [0.717, 1.165) is 0 Å². The van der Waals surface area contributed by atoms with Crippen molar-refractivity contribution in [3.05, 3.63) is 17.5 Å². The second-order valence-corrected chi connectivity index (χ2v) is 5.40. The van der Waals surface area contributed by atoms with E-state index in [2.05, 4.69) is 14.7 Å². The number of halogens is 1. The fraction of sp³-hybridized carbons (Fsp3) is 0.500. The summed E-state index contributed by atoms with van der Waals surface area (Å²) in [6.07, 6.45) is 2.54. The van der Waals surface area contributed by atoms with Crippen molar-refractivity contribution >= 4 is 27.6 Å². The molecule has 17 heavy (non-hydrogen) atoms. The summed E-state index contributed by atoms with van der Waals surface area (Å²) in [5, 5.41) is 0.208. The Kier molecular flexibility index (Phi) is 3.77. The molecule has 9 heteroatoms. The number of aromatic nitrogens is 2. The maximum atomic E-state index is 11.9. The molecule has 1 fully saturated rings. The number of anilines is 1. The highest BCUT2D eigenvalue weighted by molar-refractivity contribution is 7.90. The number of hydrogen-bond donors (Lipinski definition) is 1. The van der Waals surface area contributed by atoms with Crippen LogP contribution in [0.2, 0.25) is 5.15 Å². The molecule has 1 N–H and O–H groups in total. The molecule has 7 nitrogen and oxygen atoms in total. The monoisotopic (exact) mass is 278 g/mol. The Balaban J connectivity index is 2.08. The quantitative estimate of drug-likeness (QED) is 0.849. The number of nitrogens with zero attached hydrogens (tertiary/aromatic N) is 3. The number of ether oxygens (including phenoxy) is 1. The van der Waals surface area contributed by atoms with Gasteiger partial charge < -0.3 is 4.74 Å². The molecule has 2 heterocycles. The number of morpholine rings is 1. The molecule has 0 amide bonds. The second kappa shape index (κ2) is 5.13. The molecule has 1 aromatic rings. The summed E-state index contributed by atoms with van der Waals surface area (Å²) in [5.74, 6) is 0.140. The van der Waals surface area contributed by atoms with E-state index in [1.165, 1.54) is 16.7 Å². The van der Waals surface area contributed by atoms with Crippen LogP contribution in [0, 0.1) is 0 Å². The van der Waals surface area contributed by atoms with Crippen LogP contribution in [-0.2, 0) is 14.9 Å². The highest BCUT2D eigenvalue weighted by Gasteiger charge is 2.24. The zero-order valence-corrected chi connectivity index (χ0v) is 10.4. The van der Waals surface area contributed by atoms with Crippen LogP contribution in [0.1, 0.15) is 0 Å².